The molecule has 0 fully saturated rings. The summed E-state index contributed by atoms with van der Waals surface area (Å²) >= 11 is 0. The molecule has 0 bridgehead atoms. The maximum Gasteiger partial charge on any atom is 0.243 e. The first-order valence-corrected chi connectivity index (χ1v) is 7.33. The Labute approximate surface area is 130 Å². The van der Waals surface area contributed by atoms with Crippen LogP contribution >= 0.6 is 0 Å². The minimum absolute atomic E-state index is 0.0788. The highest BCUT2D eigenvalue weighted by Gasteiger charge is 2.07. The second kappa shape index (κ2) is 7.13. The van der Waals surface area contributed by atoms with Gasteiger partial charge < -0.3 is 19.9 Å². The van der Waals surface area contributed by atoms with Crippen molar-refractivity contribution >= 4 is 16.8 Å². The Balaban J connectivity index is 1.94. The summed E-state index contributed by atoms with van der Waals surface area (Å²) in [5.41, 5.74) is 2.19. The number of hydrogen-bond donors (Lipinski definition) is 2. The minimum atomic E-state index is -0.0788. The van der Waals surface area contributed by atoms with Crippen LogP contribution < -0.4 is 5.32 Å². The number of likely N-dealkylation sites (N-methyl/N-ethyl adjacent to an activating group) is 1. The van der Waals surface area contributed by atoms with Gasteiger partial charge in [-0.3, -0.25) is 4.79 Å². The maximum atomic E-state index is 11.7. The van der Waals surface area contributed by atoms with Crippen molar-refractivity contribution in [2.24, 2.45) is 7.05 Å². The molecule has 1 heterocycles. The largest absolute Gasteiger partial charge is 0.508 e. The molecule has 2 aromatic rings. The van der Waals surface area contributed by atoms with Gasteiger partial charge in [0.1, 0.15) is 5.75 Å². The van der Waals surface area contributed by atoms with Gasteiger partial charge in [-0.1, -0.05) is 6.08 Å². The summed E-state index contributed by atoms with van der Waals surface area (Å²) in [4.78, 5) is 13.7. The lowest BCUT2D eigenvalue weighted by Crippen LogP contribution is -2.24. The molecule has 5 nitrogen and oxygen atoms in total. The second-order valence-electron chi connectivity index (χ2n) is 5.67. The van der Waals surface area contributed by atoms with Crippen LogP contribution in [0.4, 0.5) is 0 Å². The lowest BCUT2D eigenvalue weighted by Gasteiger charge is -2.04. The van der Waals surface area contributed by atoms with Gasteiger partial charge in [0.15, 0.2) is 0 Å². The van der Waals surface area contributed by atoms with E-state index >= 15 is 0 Å². The predicted octanol–water partition coefficient (Wildman–Crippen LogP) is 1.66. The lowest BCUT2D eigenvalue weighted by atomic mass is 10.1. The molecule has 0 aliphatic carbocycles. The zero-order valence-corrected chi connectivity index (χ0v) is 13.3. The number of nitrogens with one attached hydrogen (secondary N) is 1. The van der Waals surface area contributed by atoms with Crippen LogP contribution in [0.1, 0.15) is 5.56 Å². The molecule has 0 spiro atoms. The van der Waals surface area contributed by atoms with Crippen LogP contribution in [0.3, 0.4) is 0 Å². The van der Waals surface area contributed by atoms with Gasteiger partial charge >= 0.3 is 0 Å². The van der Waals surface area contributed by atoms with Crippen LogP contribution in [0.25, 0.3) is 10.9 Å². The van der Waals surface area contributed by atoms with Gasteiger partial charge in [0.05, 0.1) is 0 Å². The normalized spacial score (nSPS) is 11.6. The summed E-state index contributed by atoms with van der Waals surface area (Å²) in [5.74, 6) is 0.181. The quantitative estimate of drug-likeness (QED) is 0.798. The van der Waals surface area contributed by atoms with Gasteiger partial charge in [0.2, 0.25) is 5.91 Å². The van der Waals surface area contributed by atoms with Crippen LogP contribution in [-0.2, 0) is 18.3 Å². The molecule has 1 aromatic heterocycles. The molecule has 1 aromatic carbocycles. The molecule has 0 saturated heterocycles. The number of hydrogen-bond acceptors (Lipinski definition) is 3. The van der Waals surface area contributed by atoms with Crippen molar-refractivity contribution in [3.8, 4) is 5.75 Å². The van der Waals surface area contributed by atoms with Crippen molar-refractivity contribution in [2.45, 2.75) is 6.42 Å². The molecule has 22 heavy (non-hydrogen) atoms. The third-order valence-electron chi connectivity index (χ3n) is 3.49. The highest BCUT2D eigenvalue weighted by molar-refractivity contribution is 5.88. The van der Waals surface area contributed by atoms with E-state index in [0.29, 0.717) is 6.54 Å². The van der Waals surface area contributed by atoms with Crippen LogP contribution in [0, 0.1) is 0 Å². The van der Waals surface area contributed by atoms with E-state index in [1.807, 2.05) is 48.9 Å². The fraction of sp³-hybridized carbons (Fsp3) is 0.353. The molecule has 0 aliphatic heterocycles. The Hall–Kier alpha value is -2.27. The monoisotopic (exact) mass is 301 g/mol. The fourth-order valence-electron chi connectivity index (χ4n) is 2.41. The molecule has 0 radical (unpaired) electrons. The van der Waals surface area contributed by atoms with Gasteiger partial charge in [-0.15, -0.1) is 0 Å². The lowest BCUT2D eigenvalue weighted by molar-refractivity contribution is -0.116. The number of phenols is 1. The van der Waals surface area contributed by atoms with Crippen LogP contribution in [0.5, 0.6) is 5.75 Å². The molecule has 5 heteroatoms. The first-order valence-electron chi connectivity index (χ1n) is 7.33. The van der Waals surface area contributed by atoms with Gasteiger partial charge in [0.25, 0.3) is 0 Å². The van der Waals surface area contributed by atoms with Gasteiger partial charge in [-0.25, -0.2) is 0 Å². The minimum Gasteiger partial charge on any atom is -0.508 e. The molecule has 118 valence electrons. The summed E-state index contributed by atoms with van der Waals surface area (Å²) in [6, 6.07) is 5.35. The van der Waals surface area contributed by atoms with Crippen molar-refractivity contribution in [1.82, 2.24) is 14.8 Å². The number of aryl methyl sites for hydroxylation is 1. The van der Waals surface area contributed by atoms with Gasteiger partial charge in [-0.05, 0) is 44.3 Å². The number of carbonyl (C=O) groups is 1. The van der Waals surface area contributed by atoms with Gasteiger partial charge in [-0.2, -0.15) is 0 Å². The van der Waals surface area contributed by atoms with E-state index in [-0.39, 0.29) is 11.7 Å². The topological polar surface area (TPSA) is 57.5 Å². The van der Waals surface area contributed by atoms with E-state index in [9.17, 15) is 9.90 Å². The summed E-state index contributed by atoms with van der Waals surface area (Å²) in [7, 11) is 5.89. The summed E-state index contributed by atoms with van der Waals surface area (Å²) in [5, 5.41) is 13.5. The maximum absolute atomic E-state index is 11.7. The molecule has 0 unspecified atom stereocenters. The highest BCUT2D eigenvalue weighted by atomic mass is 16.3. The summed E-state index contributed by atoms with van der Waals surface area (Å²) < 4.78 is 2.03. The van der Waals surface area contributed by atoms with Crippen molar-refractivity contribution in [3.05, 3.63) is 42.1 Å². The van der Waals surface area contributed by atoms with E-state index in [4.69, 9.17) is 0 Å². The third kappa shape index (κ3) is 4.11. The van der Waals surface area contributed by atoms with E-state index in [1.165, 1.54) is 0 Å². The molecular weight excluding hydrogens is 278 g/mol. The smallest absolute Gasteiger partial charge is 0.243 e. The van der Waals surface area contributed by atoms with Crippen molar-refractivity contribution in [2.75, 3.05) is 27.2 Å². The Morgan fingerprint density at radius 1 is 1.41 bits per heavy atom. The van der Waals surface area contributed by atoms with E-state index in [2.05, 4.69) is 5.32 Å². The van der Waals surface area contributed by atoms with E-state index < -0.39 is 0 Å². The number of aromatic nitrogens is 1. The number of aromatic hydroxyl groups is 1. The highest BCUT2D eigenvalue weighted by Crippen LogP contribution is 2.24. The number of phenolic OH excluding ortho intramolecular Hbond substituents is 1. The number of rotatable bonds is 6. The number of nitrogens with zero attached hydrogens (tertiary/aromatic N) is 2. The first-order chi connectivity index (χ1) is 10.5. The fourth-order valence-corrected chi connectivity index (χ4v) is 2.41. The predicted molar refractivity (Wildman–Crippen MR) is 89.0 cm³/mol. The number of carbonyl (C=O) groups excluding carboxylic acids is 1. The van der Waals surface area contributed by atoms with Crippen LogP contribution in [0.2, 0.25) is 0 Å². The number of benzene rings is 1. The molecule has 0 atom stereocenters. The second-order valence-corrected chi connectivity index (χ2v) is 5.67. The Morgan fingerprint density at radius 3 is 2.91 bits per heavy atom. The van der Waals surface area contributed by atoms with Crippen molar-refractivity contribution < 1.29 is 9.90 Å². The summed E-state index contributed by atoms with van der Waals surface area (Å²) in [6.07, 6.45) is 6.17. The third-order valence-corrected chi connectivity index (χ3v) is 3.49. The van der Waals surface area contributed by atoms with Crippen LogP contribution in [-0.4, -0.2) is 47.7 Å². The Morgan fingerprint density at radius 2 is 2.18 bits per heavy atom. The molecule has 2 rings (SSSR count). The standard InChI is InChI=1S/C17H23N3O2/c1-19(2)10-4-5-17(22)18-9-8-13-12-20(3)16-7-6-14(21)11-15(13)16/h4-7,11-12,21H,8-10H2,1-3H3,(H,18,22)/b5-4+. The molecule has 0 saturated carbocycles. The van der Waals surface area contributed by atoms with E-state index in [1.54, 1.807) is 18.2 Å². The number of fused-ring (bicyclic) bond motifs is 1. The van der Waals surface area contributed by atoms with Crippen molar-refractivity contribution in [1.29, 1.82) is 0 Å². The Kier molecular flexibility index (Phi) is 5.22. The number of amides is 1. The Bertz CT molecular complexity index is 687. The average Bonchev–Trinajstić information content (AvgIpc) is 2.74. The zero-order chi connectivity index (χ0) is 16.1. The average molecular weight is 301 g/mol. The first kappa shape index (κ1) is 16.1. The molecule has 2 N–H and O–H groups in total. The molecule has 1 amide bonds. The SMILES string of the molecule is CN(C)C/C=C/C(=O)NCCc1cn(C)c2ccc(O)cc12. The van der Waals surface area contributed by atoms with Gasteiger partial charge in [0, 0.05) is 43.3 Å². The van der Waals surface area contributed by atoms with Crippen LogP contribution in [0.15, 0.2) is 36.5 Å². The summed E-state index contributed by atoms with van der Waals surface area (Å²) in [6.45, 7) is 1.32. The molecular formula is C17H23N3O2. The van der Waals surface area contributed by atoms with Crippen molar-refractivity contribution in [3.63, 3.8) is 0 Å². The molecule has 0 aliphatic rings. The zero-order valence-electron chi connectivity index (χ0n) is 13.3. The van der Waals surface area contributed by atoms with E-state index in [0.717, 1.165) is 29.4 Å².